The van der Waals surface area contributed by atoms with Gasteiger partial charge in [-0.3, -0.25) is 0 Å². The van der Waals surface area contributed by atoms with E-state index in [1.165, 1.54) is 40.9 Å². The number of benzene rings is 1. The molecule has 0 radical (unpaired) electrons. The first kappa shape index (κ1) is 14.3. The van der Waals surface area contributed by atoms with E-state index in [0.29, 0.717) is 11.4 Å². The lowest BCUT2D eigenvalue weighted by Crippen LogP contribution is -2.26. The number of sulfonamides is 1. The fourth-order valence-electron chi connectivity index (χ4n) is 1.52. The van der Waals surface area contributed by atoms with E-state index in [1.54, 1.807) is 10.9 Å². The summed E-state index contributed by atoms with van der Waals surface area (Å²) < 4.78 is 25.9. The minimum absolute atomic E-state index is 0.0427. The highest BCUT2D eigenvalue weighted by Crippen LogP contribution is 2.26. The Bertz CT molecular complexity index is 671. The van der Waals surface area contributed by atoms with Crippen LogP contribution in [0.2, 0.25) is 5.02 Å². The van der Waals surface area contributed by atoms with Crippen molar-refractivity contribution >= 4 is 38.6 Å². The standard InChI is InChI=1S/C11H12ClN3O2S2/c1-15(5-9-6-18-7-14-9)19(16,17)11-3-2-8(13)4-10(11)12/h2-4,6-7H,5,13H2,1H3. The van der Waals surface area contributed by atoms with Crippen LogP contribution in [0.3, 0.4) is 0 Å². The summed E-state index contributed by atoms with van der Waals surface area (Å²) in [4.78, 5) is 4.10. The van der Waals surface area contributed by atoms with E-state index in [2.05, 4.69) is 4.98 Å². The Kier molecular flexibility index (Phi) is 4.10. The van der Waals surface area contributed by atoms with Crippen molar-refractivity contribution in [2.75, 3.05) is 12.8 Å². The van der Waals surface area contributed by atoms with E-state index in [0.717, 1.165) is 0 Å². The summed E-state index contributed by atoms with van der Waals surface area (Å²) in [6, 6.07) is 4.34. The van der Waals surface area contributed by atoms with Gasteiger partial charge >= 0.3 is 0 Å². The van der Waals surface area contributed by atoms with Gasteiger partial charge in [0.05, 0.1) is 22.8 Å². The summed E-state index contributed by atoms with van der Waals surface area (Å²) >= 11 is 7.36. The maximum absolute atomic E-state index is 12.4. The number of nitrogens with zero attached hydrogens (tertiary/aromatic N) is 2. The minimum Gasteiger partial charge on any atom is -0.399 e. The molecule has 1 aromatic heterocycles. The van der Waals surface area contributed by atoms with Crippen LogP contribution in [0.15, 0.2) is 34.0 Å². The van der Waals surface area contributed by atoms with E-state index in [9.17, 15) is 8.42 Å². The summed E-state index contributed by atoms with van der Waals surface area (Å²) in [6.07, 6.45) is 0. The molecule has 1 heterocycles. The molecule has 0 atom stereocenters. The third-order valence-corrected chi connectivity index (χ3v) is 5.43. The number of nitrogen functional groups attached to an aromatic ring is 1. The number of hydrogen-bond donors (Lipinski definition) is 1. The predicted molar refractivity (Wildman–Crippen MR) is 76.6 cm³/mol. The Labute approximate surface area is 120 Å². The quantitative estimate of drug-likeness (QED) is 0.877. The van der Waals surface area contributed by atoms with Crippen LogP contribution in [0.25, 0.3) is 0 Å². The molecular weight excluding hydrogens is 306 g/mol. The molecule has 8 heteroatoms. The molecule has 0 amide bonds. The van der Waals surface area contributed by atoms with Crippen LogP contribution in [0, 0.1) is 0 Å². The van der Waals surface area contributed by atoms with Gasteiger partial charge in [-0.1, -0.05) is 11.6 Å². The van der Waals surface area contributed by atoms with Crippen LogP contribution in [-0.4, -0.2) is 24.8 Å². The lowest BCUT2D eigenvalue weighted by molar-refractivity contribution is 0.463. The summed E-state index contributed by atoms with van der Waals surface area (Å²) in [5, 5.41) is 1.92. The number of aromatic nitrogens is 1. The molecule has 19 heavy (non-hydrogen) atoms. The normalized spacial score (nSPS) is 11.9. The van der Waals surface area contributed by atoms with Crippen LogP contribution in [0.4, 0.5) is 5.69 Å². The maximum Gasteiger partial charge on any atom is 0.244 e. The van der Waals surface area contributed by atoms with Crippen molar-refractivity contribution in [2.24, 2.45) is 0 Å². The zero-order valence-corrected chi connectivity index (χ0v) is 12.5. The molecule has 0 spiro atoms. The first-order valence-corrected chi connectivity index (χ1v) is 8.06. The minimum atomic E-state index is -3.65. The van der Waals surface area contributed by atoms with Gasteiger partial charge < -0.3 is 5.73 Å². The van der Waals surface area contributed by atoms with Gasteiger partial charge in [0.1, 0.15) is 4.90 Å². The van der Waals surface area contributed by atoms with Gasteiger partial charge in [0, 0.05) is 18.1 Å². The van der Waals surface area contributed by atoms with Gasteiger partial charge in [-0.15, -0.1) is 11.3 Å². The Morgan fingerprint density at radius 1 is 1.47 bits per heavy atom. The lowest BCUT2D eigenvalue weighted by atomic mass is 10.3. The zero-order chi connectivity index (χ0) is 14.0. The summed E-state index contributed by atoms with van der Waals surface area (Å²) in [5.74, 6) is 0. The van der Waals surface area contributed by atoms with Crippen molar-refractivity contribution in [2.45, 2.75) is 11.4 Å². The Morgan fingerprint density at radius 3 is 2.79 bits per heavy atom. The van der Waals surface area contributed by atoms with Crippen LogP contribution < -0.4 is 5.73 Å². The second-order valence-corrected chi connectivity index (χ2v) is 7.07. The third kappa shape index (κ3) is 3.06. The first-order chi connectivity index (χ1) is 8.91. The largest absolute Gasteiger partial charge is 0.399 e. The van der Waals surface area contributed by atoms with E-state index < -0.39 is 10.0 Å². The van der Waals surface area contributed by atoms with Gasteiger partial charge in [-0.25, -0.2) is 13.4 Å². The Hall–Kier alpha value is -1.15. The van der Waals surface area contributed by atoms with Gasteiger partial charge in [-0.2, -0.15) is 4.31 Å². The second kappa shape index (κ2) is 5.46. The van der Waals surface area contributed by atoms with Crippen molar-refractivity contribution in [3.05, 3.63) is 39.8 Å². The third-order valence-electron chi connectivity index (χ3n) is 2.51. The second-order valence-electron chi connectivity index (χ2n) is 3.93. The molecule has 5 nitrogen and oxygen atoms in total. The molecule has 0 fully saturated rings. The molecule has 102 valence electrons. The molecule has 2 rings (SSSR count). The highest BCUT2D eigenvalue weighted by Gasteiger charge is 2.24. The maximum atomic E-state index is 12.4. The van der Waals surface area contributed by atoms with Crippen LogP contribution in [-0.2, 0) is 16.6 Å². The molecule has 0 aliphatic carbocycles. The molecule has 1 aromatic carbocycles. The molecule has 0 bridgehead atoms. The number of hydrogen-bond acceptors (Lipinski definition) is 5. The fourth-order valence-corrected chi connectivity index (χ4v) is 3.74. The van der Waals surface area contributed by atoms with E-state index in [-0.39, 0.29) is 16.5 Å². The van der Waals surface area contributed by atoms with Crippen LogP contribution >= 0.6 is 22.9 Å². The van der Waals surface area contributed by atoms with Crippen molar-refractivity contribution in [1.29, 1.82) is 0 Å². The van der Waals surface area contributed by atoms with Crippen molar-refractivity contribution < 1.29 is 8.42 Å². The van der Waals surface area contributed by atoms with Crippen molar-refractivity contribution in [3.63, 3.8) is 0 Å². The highest BCUT2D eigenvalue weighted by atomic mass is 35.5. The zero-order valence-electron chi connectivity index (χ0n) is 10.1. The molecule has 0 saturated carbocycles. The number of rotatable bonds is 4. The summed E-state index contributed by atoms with van der Waals surface area (Å²) in [7, 11) is -2.16. The molecule has 0 aliphatic rings. The Morgan fingerprint density at radius 2 is 2.21 bits per heavy atom. The van der Waals surface area contributed by atoms with E-state index >= 15 is 0 Å². The molecule has 0 saturated heterocycles. The monoisotopic (exact) mass is 317 g/mol. The van der Waals surface area contributed by atoms with Gasteiger partial charge in [-0.05, 0) is 18.2 Å². The smallest absolute Gasteiger partial charge is 0.244 e. The topological polar surface area (TPSA) is 76.3 Å². The molecule has 2 N–H and O–H groups in total. The van der Waals surface area contributed by atoms with Crippen molar-refractivity contribution in [3.8, 4) is 0 Å². The van der Waals surface area contributed by atoms with Crippen LogP contribution in [0.1, 0.15) is 5.69 Å². The molecule has 2 aromatic rings. The number of nitrogens with two attached hydrogens (primary N) is 1. The lowest BCUT2D eigenvalue weighted by Gasteiger charge is -2.17. The summed E-state index contributed by atoms with van der Waals surface area (Å²) in [6.45, 7) is 0.201. The van der Waals surface area contributed by atoms with Gasteiger partial charge in [0.15, 0.2) is 0 Å². The van der Waals surface area contributed by atoms with E-state index in [1.807, 2.05) is 0 Å². The summed E-state index contributed by atoms with van der Waals surface area (Å²) in [5.41, 5.74) is 8.33. The predicted octanol–water partition coefficient (Wildman–Crippen LogP) is 2.20. The van der Waals surface area contributed by atoms with Crippen molar-refractivity contribution in [1.82, 2.24) is 9.29 Å². The average Bonchev–Trinajstić information content (AvgIpc) is 2.81. The number of anilines is 1. The SMILES string of the molecule is CN(Cc1cscn1)S(=O)(=O)c1ccc(N)cc1Cl. The van der Waals surface area contributed by atoms with E-state index in [4.69, 9.17) is 17.3 Å². The van der Waals surface area contributed by atoms with Gasteiger partial charge in [0.2, 0.25) is 10.0 Å². The molecule has 0 unspecified atom stereocenters. The molecule has 0 aliphatic heterocycles. The van der Waals surface area contributed by atoms with Gasteiger partial charge in [0.25, 0.3) is 0 Å². The Balaban J connectivity index is 2.31. The number of thiazole rings is 1. The fraction of sp³-hybridized carbons (Fsp3) is 0.182. The first-order valence-electron chi connectivity index (χ1n) is 5.29. The molecular formula is C11H12ClN3O2S2. The van der Waals surface area contributed by atoms with Crippen LogP contribution in [0.5, 0.6) is 0 Å². The number of halogens is 1. The highest BCUT2D eigenvalue weighted by molar-refractivity contribution is 7.89. The average molecular weight is 318 g/mol.